The smallest absolute Gasteiger partial charge is 0.254 e. The number of hydrogen-bond donors (Lipinski definition) is 1. The van der Waals surface area contributed by atoms with Gasteiger partial charge in [-0.2, -0.15) is 0 Å². The highest BCUT2D eigenvalue weighted by molar-refractivity contribution is 6.03. The van der Waals surface area contributed by atoms with E-state index >= 15 is 0 Å². The Morgan fingerprint density at radius 2 is 1.65 bits per heavy atom. The maximum absolute atomic E-state index is 12.1. The molecule has 0 aliphatic rings. The van der Waals surface area contributed by atoms with Gasteiger partial charge in [0.15, 0.2) is 11.5 Å². The molecule has 0 aliphatic carbocycles. The van der Waals surface area contributed by atoms with Crippen molar-refractivity contribution in [3.8, 4) is 17.2 Å². The maximum atomic E-state index is 12.1. The number of methoxy groups -OCH3 is 2. The summed E-state index contributed by atoms with van der Waals surface area (Å²) in [5.74, 6) is 1.27. The van der Waals surface area contributed by atoms with Gasteiger partial charge in [0, 0.05) is 11.3 Å². The summed E-state index contributed by atoms with van der Waals surface area (Å²) < 4.78 is 16.0. The molecule has 0 saturated carbocycles. The first-order valence-corrected chi connectivity index (χ1v) is 7.06. The minimum Gasteiger partial charge on any atom is -0.493 e. The third-order valence-electron chi connectivity index (χ3n) is 3.12. The number of nitrogens with one attached hydrogen (secondary N) is 1. The van der Waals surface area contributed by atoms with E-state index in [1.165, 1.54) is 13.4 Å². The molecule has 0 aliphatic heterocycles. The summed E-state index contributed by atoms with van der Waals surface area (Å²) in [6, 6.07) is 14.5. The zero-order valence-corrected chi connectivity index (χ0v) is 13.3. The highest BCUT2D eigenvalue weighted by atomic mass is 16.5. The number of carbonyl (C=O) groups is 1. The molecule has 2 aromatic rings. The molecule has 5 nitrogen and oxygen atoms in total. The zero-order chi connectivity index (χ0) is 16.7. The quantitative estimate of drug-likeness (QED) is 0.653. The van der Waals surface area contributed by atoms with Gasteiger partial charge in [-0.05, 0) is 31.2 Å². The number of rotatable bonds is 6. The molecular formula is C18H19NO4. The third kappa shape index (κ3) is 4.26. The topological polar surface area (TPSA) is 56.8 Å². The lowest BCUT2D eigenvalue weighted by Crippen LogP contribution is -2.13. The minimum atomic E-state index is -0.238. The monoisotopic (exact) mass is 313 g/mol. The Labute approximate surface area is 135 Å². The summed E-state index contributed by atoms with van der Waals surface area (Å²) >= 11 is 0. The van der Waals surface area contributed by atoms with E-state index in [0.29, 0.717) is 22.8 Å². The van der Waals surface area contributed by atoms with Crippen LogP contribution in [-0.4, -0.2) is 20.1 Å². The van der Waals surface area contributed by atoms with Crippen LogP contribution in [0.1, 0.15) is 6.92 Å². The minimum absolute atomic E-state index is 0.238. The van der Waals surface area contributed by atoms with E-state index in [-0.39, 0.29) is 5.91 Å². The summed E-state index contributed by atoms with van der Waals surface area (Å²) in [6.45, 7) is 1.67. The fourth-order valence-electron chi connectivity index (χ4n) is 1.91. The van der Waals surface area contributed by atoms with Crippen molar-refractivity contribution in [2.75, 3.05) is 19.5 Å². The van der Waals surface area contributed by atoms with Gasteiger partial charge in [-0.3, -0.25) is 4.79 Å². The van der Waals surface area contributed by atoms with Crippen molar-refractivity contribution in [2.45, 2.75) is 6.92 Å². The predicted octanol–water partition coefficient (Wildman–Crippen LogP) is 3.63. The Kier molecular flexibility index (Phi) is 5.63. The van der Waals surface area contributed by atoms with Crippen LogP contribution >= 0.6 is 0 Å². The molecule has 0 fully saturated rings. The van der Waals surface area contributed by atoms with Crippen LogP contribution in [-0.2, 0) is 4.79 Å². The van der Waals surface area contributed by atoms with Crippen molar-refractivity contribution in [1.82, 2.24) is 0 Å². The van der Waals surface area contributed by atoms with Gasteiger partial charge >= 0.3 is 0 Å². The van der Waals surface area contributed by atoms with Crippen molar-refractivity contribution in [2.24, 2.45) is 0 Å². The summed E-state index contributed by atoms with van der Waals surface area (Å²) in [4.78, 5) is 12.1. The van der Waals surface area contributed by atoms with Crippen LogP contribution in [0.5, 0.6) is 17.2 Å². The van der Waals surface area contributed by atoms with Crippen LogP contribution in [0, 0.1) is 0 Å². The molecule has 1 N–H and O–H groups in total. The average Bonchev–Trinajstić information content (AvgIpc) is 2.59. The SMILES string of the molecule is COc1cccc(OC=C(C)C(=O)Nc2ccccc2)c1OC. The number of ether oxygens (including phenoxy) is 3. The van der Waals surface area contributed by atoms with Gasteiger partial charge in [0.05, 0.1) is 20.5 Å². The lowest BCUT2D eigenvalue weighted by atomic mass is 10.2. The van der Waals surface area contributed by atoms with Crippen molar-refractivity contribution in [3.63, 3.8) is 0 Å². The predicted molar refractivity (Wildman–Crippen MR) is 89.0 cm³/mol. The number of para-hydroxylation sites is 2. The molecule has 1 amide bonds. The Bertz CT molecular complexity index is 695. The molecule has 120 valence electrons. The largest absolute Gasteiger partial charge is 0.493 e. The van der Waals surface area contributed by atoms with Crippen LogP contribution < -0.4 is 19.5 Å². The normalized spacial score (nSPS) is 10.8. The van der Waals surface area contributed by atoms with E-state index in [4.69, 9.17) is 14.2 Å². The first-order valence-electron chi connectivity index (χ1n) is 7.06. The van der Waals surface area contributed by atoms with Gasteiger partial charge in [0.25, 0.3) is 5.91 Å². The number of benzene rings is 2. The Morgan fingerprint density at radius 1 is 0.957 bits per heavy atom. The molecule has 0 spiro atoms. The first kappa shape index (κ1) is 16.4. The molecule has 0 bridgehead atoms. The molecular weight excluding hydrogens is 294 g/mol. The lowest BCUT2D eigenvalue weighted by Gasteiger charge is -2.12. The molecule has 0 saturated heterocycles. The second kappa shape index (κ2) is 7.89. The highest BCUT2D eigenvalue weighted by Gasteiger charge is 2.11. The van der Waals surface area contributed by atoms with Gasteiger partial charge in [0.2, 0.25) is 5.75 Å². The summed E-state index contributed by atoms with van der Waals surface area (Å²) in [6.07, 6.45) is 1.38. The molecule has 0 unspecified atom stereocenters. The Hall–Kier alpha value is -2.95. The van der Waals surface area contributed by atoms with Crippen LogP contribution in [0.25, 0.3) is 0 Å². The van der Waals surface area contributed by atoms with Gasteiger partial charge < -0.3 is 19.5 Å². The zero-order valence-electron chi connectivity index (χ0n) is 13.3. The standard InChI is InChI=1S/C18H19NO4/c1-13(18(20)19-14-8-5-4-6-9-14)12-23-16-11-7-10-15(21-2)17(16)22-3/h4-12H,1-3H3,(H,19,20). The Balaban J connectivity index is 2.09. The molecule has 0 aromatic heterocycles. The molecule has 23 heavy (non-hydrogen) atoms. The second-order valence-electron chi connectivity index (χ2n) is 4.73. The van der Waals surface area contributed by atoms with E-state index in [0.717, 1.165) is 5.69 Å². The number of anilines is 1. The summed E-state index contributed by atoms with van der Waals surface area (Å²) in [7, 11) is 3.08. The molecule has 0 heterocycles. The van der Waals surface area contributed by atoms with E-state index in [9.17, 15) is 4.79 Å². The number of amides is 1. The fourth-order valence-corrected chi connectivity index (χ4v) is 1.91. The van der Waals surface area contributed by atoms with Gasteiger partial charge in [0.1, 0.15) is 0 Å². The third-order valence-corrected chi connectivity index (χ3v) is 3.12. The van der Waals surface area contributed by atoms with Gasteiger partial charge in [-0.1, -0.05) is 24.3 Å². The van der Waals surface area contributed by atoms with Crippen molar-refractivity contribution < 1.29 is 19.0 Å². The van der Waals surface area contributed by atoms with E-state index in [1.54, 1.807) is 32.2 Å². The Morgan fingerprint density at radius 3 is 2.30 bits per heavy atom. The maximum Gasteiger partial charge on any atom is 0.254 e. The molecule has 2 rings (SSSR count). The second-order valence-corrected chi connectivity index (χ2v) is 4.73. The van der Waals surface area contributed by atoms with Gasteiger partial charge in [-0.15, -0.1) is 0 Å². The van der Waals surface area contributed by atoms with Gasteiger partial charge in [-0.25, -0.2) is 0 Å². The fraction of sp³-hybridized carbons (Fsp3) is 0.167. The average molecular weight is 313 g/mol. The molecule has 2 aromatic carbocycles. The van der Waals surface area contributed by atoms with E-state index in [2.05, 4.69) is 5.32 Å². The first-order chi connectivity index (χ1) is 11.2. The van der Waals surface area contributed by atoms with Crippen LogP contribution in [0.3, 0.4) is 0 Å². The lowest BCUT2D eigenvalue weighted by molar-refractivity contribution is -0.112. The van der Waals surface area contributed by atoms with Crippen molar-refractivity contribution in [1.29, 1.82) is 0 Å². The van der Waals surface area contributed by atoms with Crippen molar-refractivity contribution >= 4 is 11.6 Å². The molecule has 0 atom stereocenters. The highest BCUT2D eigenvalue weighted by Crippen LogP contribution is 2.36. The van der Waals surface area contributed by atoms with Crippen LogP contribution in [0.2, 0.25) is 0 Å². The van der Waals surface area contributed by atoms with Crippen LogP contribution in [0.4, 0.5) is 5.69 Å². The molecule has 0 radical (unpaired) electrons. The molecule has 5 heteroatoms. The summed E-state index contributed by atoms with van der Waals surface area (Å²) in [5.41, 5.74) is 1.16. The van der Waals surface area contributed by atoms with E-state index in [1.807, 2.05) is 30.3 Å². The summed E-state index contributed by atoms with van der Waals surface area (Å²) in [5, 5.41) is 2.79. The number of carbonyl (C=O) groups excluding carboxylic acids is 1. The van der Waals surface area contributed by atoms with Crippen LogP contribution in [0.15, 0.2) is 60.4 Å². The van der Waals surface area contributed by atoms with Crippen molar-refractivity contribution in [3.05, 3.63) is 60.4 Å². The van der Waals surface area contributed by atoms with E-state index < -0.39 is 0 Å². The number of hydrogen-bond acceptors (Lipinski definition) is 4.